The van der Waals surface area contributed by atoms with Crippen molar-refractivity contribution in [1.82, 2.24) is 0 Å². The van der Waals surface area contributed by atoms with Crippen LogP contribution in [-0.4, -0.2) is 19.3 Å². The predicted molar refractivity (Wildman–Crippen MR) is 41.7 cm³/mol. The molecule has 0 aromatic heterocycles. The average Bonchev–Trinajstić information content (AvgIpc) is 2.06. The molecule has 0 spiro atoms. The number of ether oxygens (including phenoxy) is 1. The van der Waals surface area contributed by atoms with Gasteiger partial charge in [-0.05, 0) is 6.42 Å². The predicted octanol–water partition coefficient (Wildman–Crippen LogP) is 0.846. The van der Waals surface area contributed by atoms with Gasteiger partial charge in [0.2, 0.25) is 0 Å². The van der Waals surface area contributed by atoms with Crippen molar-refractivity contribution in [3.05, 3.63) is 24.3 Å². The van der Waals surface area contributed by atoms with E-state index in [1.807, 2.05) is 18.2 Å². The van der Waals surface area contributed by atoms with E-state index in [-0.39, 0.29) is 5.60 Å². The first-order valence-electron chi connectivity index (χ1n) is 3.42. The van der Waals surface area contributed by atoms with Crippen LogP contribution < -0.4 is 5.73 Å². The highest BCUT2D eigenvalue weighted by molar-refractivity contribution is 5.18. The maximum atomic E-state index is 5.54. The largest absolute Gasteiger partial charge is 0.372 e. The lowest BCUT2D eigenvalue weighted by Crippen LogP contribution is -2.37. The Hall–Kier alpha value is -0.600. The smallest absolute Gasteiger partial charge is 0.102 e. The highest BCUT2D eigenvalue weighted by Gasteiger charge is 2.23. The fourth-order valence-electron chi connectivity index (χ4n) is 1.03. The van der Waals surface area contributed by atoms with E-state index < -0.39 is 0 Å². The highest BCUT2D eigenvalue weighted by atomic mass is 16.5. The summed E-state index contributed by atoms with van der Waals surface area (Å²) in [4.78, 5) is 0. The van der Waals surface area contributed by atoms with Crippen LogP contribution in [-0.2, 0) is 4.74 Å². The zero-order valence-electron chi connectivity index (χ0n) is 6.21. The molecule has 0 heterocycles. The first-order chi connectivity index (χ1) is 4.83. The molecule has 0 bridgehead atoms. The van der Waals surface area contributed by atoms with E-state index >= 15 is 0 Å². The van der Waals surface area contributed by atoms with Gasteiger partial charge in [-0.2, -0.15) is 0 Å². The van der Waals surface area contributed by atoms with E-state index in [4.69, 9.17) is 10.5 Å². The molecule has 0 aliphatic heterocycles. The molecule has 1 aliphatic carbocycles. The van der Waals surface area contributed by atoms with Gasteiger partial charge in [-0.15, -0.1) is 0 Å². The van der Waals surface area contributed by atoms with Crippen molar-refractivity contribution in [1.29, 1.82) is 0 Å². The van der Waals surface area contributed by atoms with Crippen molar-refractivity contribution in [2.45, 2.75) is 12.0 Å². The molecule has 1 rings (SSSR count). The van der Waals surface area contributed by atoms with Crippen LogP contribution in [0.1, 0.15) is 6.42 Å². The molecule has 1 aliphatic rings. The van der Waals surface area contributed by atoms with Gasteiger partial charge in [0.1, 0.15) is 5.60 Å². The van der Waals surface area contributed by atoms with Crippen LogP contribution in [0, 0.1) is 0 Å². The second-order valence-corrected chi connectivity index (χ2v) is 2.46. The summed E-state index contributed by atoms with van der Waals surface area (Å²) in [5.74, 6) is 0. The Morgan fingerprint density at radius 3 is 2.70 bits per heavy atom. The molecule has 2 N–H and O–H groups in total. The molecule has 0 fully saturated rings. The van der Waals surface area contributed by atoms with E-state index in [9.17, 15) is 0 Å². The molecule has 1 atom stereocenters. The van der Waals surface area contributed by atoms with Gasteiger partial charge in [0, 0.05) is 13.7 Å². The summed E-state index contributed by atoms with van der Waals surface area (Å²) in [7, 11) is 1.69. The molecule has 0 aromatic rings. The van der Waals surface area contributed by atoms with Crippen molar-refractivity contribution in [2.24, 2.45) is 5.73 Å². The van der Waals surface area contributed by atoms with Gasteiger partial charge in [0.15, 0.2) is 0 Å². The van der Waals surface area contributed by atoms with Gasteiger partial charge in [0.25, 0.3) is 0 Å². The summed E-state index contributed by atoms with van der Waals surface area (Å²) < 4.78 is 5.26. The normalized spacial score (nSPS) is 31.0. The molecule has 10 heavy (non-hydrogen) atoms. The minimum atomic E-state index is -0.227. The maximum absolute atomic E-state index is 5.54. The van der Waals surface area contributed by atoms with E-state index in [0.29, 0.717) is 6.54 Å². The standard InChI is InChI=1S/C8H13NO/c1-10-8(7-9)5-3-2-4-6-8/h2-5H,6-7,9H2,1H3. The minimum Gasteiger partial charge on any atom is -0.372 e. The molecule has 0 aromatic carbocycles. The van der Waals surface area contributed by atoms with Crippen LogP contribution in [0.25, 0.3) is 0 Å². The SMILES string of the molecule is COC1(CN)C=CC=CC1. The van der Waals surface area contributed by atoms with Gasteiger partial charge in [-0.25, -0.2) is 0 Å². The summed E-state index contributed by atoms with van der Waals surface area (Å²) in [6, 6.07) is 0. The van der Waals surface area contributed by atoms with Gasteiger partial charge in [-0.3, -0.25) is 0 Å². The third-order valence-corrected chi connectivity index (χ3v) is 1.86. The lowest BCUT2D eigenvalue weighted by molar-refractivity contribution is 0.0416. The summed E-state index contributed by atoms with van der Waals surface area (Å²) in [6.07, 6.45) is 8.94. The fourth-order valence-corrected chi connectivity index (χ4v) is 1.03. The van der Waals surface area contributed by atoms with Crippen molar-refractivity contribution in [2.75, 3.05) is 13.7 Å². The molecule has 1 unspecified atom stereocenters. The minimum absolute atomic E-state index is 0.227. The number of rotatable bonds is 2. The summed E-state index contributed by atoms with van der Waals surface area (Å²) >= 11 is 0. The molecule has 0 amide bonds. The van der Waals surface area contributed by atoms with E-state index in [0.717, 1.165) is 6.42 Å². The van der Waals surface area contributed by atoms with Gasteiger partial charge < -0.3 is 10.5 Å². The third kappa shape index (κ3) is 1.28. The lowest BCUT2D eigenvalue weighted by atomic mass is 9.95. The number of nitrogens with two attached hydrogens (primary N) is 1. The Kier molecular flexibility index (Phi) is 2.25. The van der Waals surface area contributed by atoms with Crippen molar-refractivity contribution < 1.29 is 4.74 Å². The van der Waals surface area contributed by atoms with E-state index in [2.05, 4.69) is 6.08 Å². The zero-order valence-corrected chi connectivity index (χ0v) is 6.21. The summed E-state index contributed by atoms with van der Waals surface area (Å²) in [5, 5.41) is 0. The highest BCUT2D eigenvalue weighted by Crippen LogP contribution is 2.19. The molecule has 2 heteroatoms. The summed E-state index contributed by atoms with van der Waals surface area (Å²) in [6.45, 7) is 0.546. The average molecular weight is 139 g/mol. The molecular formula is C8H13NO. The van der Waals surface area contributed by atoms with Crippen LogP contribution in [0.5, 0.6) is 0 Å². The lowest BCUT2D eigenvalue weighted by Gasteiger charge is -2.27. The molecule has 0 radical (unpaired) electrons. The Morgan fingerprint density at radius 2 is 2.40 bits per heavy atom. The Balaban J connectivity index is 2.66. The number of hydrogen-bond acceptors (Lipinski definition) is 2. The number of methoxy groups -OCH3 is 1. The van der Waals surface area contributed by atoms with Crippen molar-refractivity contribution in [3.63, 3.8) is 0 Å². The van der Waals surface area contributed by atoms with Crippen molar-refractivity contribution in [3.8, 4) is 0 Å². The van der Waals surface area contributed by atoms with Crippen LogP contribution in [0.2, 0.25) is 0 Å². The number of hydrogen-bond donors (Lipinski definition) is 1. The first-order valence-corrected chi connectivity index (χ1v) is 3.42. The van der Waals surface area contributed by atoms with Crippen LogP contribution in [0.3, 0.4) is 0 Å². The van der Waals surface area contributed by atoms with E-state index in [1.54, 1.807) is 7.11 Å². The van der Waals surface area contributed by atoms with Crippen molar-refractivity contribution >= 4 is 0 Å². The molecule has 2 nitrogen and oxygen atoms in total. The molecule has 56 valence electrons. The van der Waals surface area contributed by atoms with Gasteiger partial charge in [0.05, 0.1) is 0 Å². The Labute approximate surface area is 61.4 Å². The van der Waals surface area contributed by atoms with Gasteiger partial charge in [-0.1, -0.05) is 24.3 Å². The second-order valence-electron chi connectivity index (χ2n) is 2.46. The van der Waals surface area contributed by atoms with E-state index in [1.165, 1.54) is 0 Å². The Bertz CT molecular complexity index is 157. The third-order valence-electron chi connectivity index (χ3n) is 1.86. The molecule has 0 saturated heterocycles. The van der Waals surface area contributed by atoms with Crippen LogP contribution >= 0.6 is 0 Å². The zero-order chi connectivity index (χ0) is 7.45. The number of allylic oxidation sites excluding steroid dienone is 2. The quantitative estimate of drug-likeness (QED) is 0.615. The molecule has 0 saturated carbocycles. The second kappa shape index (κ2) is 2.99. The van der Waals surface area contributed by atoms with Gasteiger partial charge >= 0.3 is 0 Å². The summed E-state index contributed by atoms with van der Waals surface area (Å²) in [5.41, 5.74) is 5.31. The monoisotopic (exact) mass is 139 g/mol. The first kappa shape index (κ1) is 7.51. The Morgan fingerprint density at radius 1 is 1.60 bits per heavy atom. The molecular weight excluding hydrogens is 126 g/mol. The van der Waals surface area contributed by atoms with Crippen LogP contribution in [0.4, 0.5) is 0 Å². The maximum Gasteiger partial charge on any atom is 0.102 e. The van der Waals surface area contributed by atoms with Crippen LogP contribution in [0.15, 0.2) is 24.3 Å². The topological polar surface area (TPSA) is 35.2 Å². The fraction of sp³-hybridized carbons (Fsp3) is 0.500.